The Morgan fingerprint density at radius 1 is 1.31 bits per heavy atom. The molecule has 16 heavy (non-hydrogen) atoms. The molecule has 1 fully saturated rings. The fourth-order valence-corrected chi connectivity index (χ4v) is 1.80. The van der Waals surface area contributed by atoms with E-state index in [-0.39, 0.29) is 24.4 Å². The number of nitrogens with one attached hydrogen (secondary N) is 2. The standard InChI is InChI=1S/C10H20N4O2/c1-12-10(16)7-14-4-2-8(3-5-14)13-9(15)6-11/h8H,2-7,11H2,1H3,(H,12,16)(H,13,15). The Bertz CT molecular complexity index is 223. The molecule has 0 saturated carbocycles. The summed E-state index contributed by atoms with van der Waals surface area (Å²) < 4.78 is 0. The van der Waals surface area contributed by atoms with Gasteiger partial charge in [0.05, 0.1) is 13.1 Å². The molecule has 6 nitrogen and oxygen atoms in total. The summed E-state index contributed by atoms with van der Waals surface area (Å²) >= 11 is 0. The lowest BCUT2D eigenvalue weighted by molar-refractivity contribution is -0.123. The van der Waals surface area contributed by atoms with Crippen molar-refractivity contribution in [2.45, 2.75) is 18.9 Å². The van der Waals surface area contributed by atoms with Crippen LogP contribution in [-0.2, 0) is 9.59 Å². The molecule has 0 aromatic carbocycles. The summed E-state index contributed by atoms with van der Waals surface area (Å²) in [5.74, 6) is -0.0748. The quantitative estimate of drug-likeness (QED) is 0.534. The van der Waals surface area contributed by atoms with Crippen molar-refractivity contribution in [2.24, 2.45) is 5.73 Å². The van der Waals surface area contributed by atoms with E-state index in [1.807, 2.05) is 0 Å². The SMILES string of the molecule is CNC(=O)CN1CCC(NC(=O)CN)CC1. The van der Waals surface area contributed by atoms with E-state index >= 15 is 0 Å². The molecule has 1 aliphatic heterocycles. The number of amides is 2. The first-order valence-electron chi connectivity index (χ1n) is 5.58. The van der Waals surface area contributed by atoms with Crippen LogP contribution in [0.3, 0.4) is 0 Å². The Morgan fingerprint density at radius 2 is 1.94 bits per heavy atom. The number of rotatable bonds is 4. The van der Waals surface area contributed by atoms with Gasteiger partial charge < -0.3 is 16.4 Å². The van der Waals surface area contributed by atoms with Crippen molar-refractivity contribution >= 4 is 11.8 Å². The van der Waals surface area contributed by atoms with E-state index in [0.717, 1.165) is 25.9 Å². The van der Waals surface area contributed by atoms with E-state index in [9.17, 15) is 9.59 Å². The molecule has 1 saturated heterocycles. The van der Waals surface area contributed by atoms with Crippen molar-refractivity contribution in [2.75, 3.05) is 33.2 Å². The first-order chi connectivity index (χ1) is 7.65. The van der Waals surface area contributed by atoms with Crippen LogP contribution in [0, 0.1) is 0 Å². The average molecular weight is 228 g/mol. The number of nitrogens with two attached hydrogens (primary N) is 1. The Labute approximate surface area is 95.5 Å². The van der Waals surface area contributed by atoms with Gasteiger partial charge in [0.2, 0.25) is 11.8 Å². The Balaban J connectivity index is 2.23. The van der Waals surface area contributed by atoms with Gasteiger partial charge in [-0.3, -0.25) is 14.5 Å². The Kier molecular flexibility index (Phi) is 5.21. The van der Waals surface area contributed by atoms with E-state index in [4.69, 9.17) is 5.73 Å². The molecule has 1 aliphatic rings. The summed E-state index contributed by atoms with van der Waals surface area (Å²) in [4.78, 5) is 24.3. The third-order valence-electron chi connectivity index (χ3n) is 2.78. The molecule has 2 amide bonds. The number of hydrogen-bond acceptors (Lipinski definition) is 4. The smallest absolute Gasteiger partial charge is 0.233 e. The van der Waals surface area contributed by atoms with Crippen LogP contribution in [0.1, 0.15) is 12.8 Å². The fourth-order valence-electron chi connectivity index (χ4n) is 1.80. The molecule has 4 N–H and O–H groups in total. The van der Waals surface area contributed by atoms with Gasteiger partial charge in [-0.15, -0.1) is 0 Å². The number of likely N-dealkylation sites (N-methyl/N-ethyl adjacent to an activating group) is 1. The number of carbonyl (C=O) groups is 2. The number of nitrogens with zero attached hydrogens (tertiary/aromatic N) is 1. The highest BCUT2D eigenvalue weighted by atomic mass is 16.2. The van der Waals surface area contributed by atoms with Gasteiger partial charge in [-0.05, 0) is 12.8 Å². The van der Waals surface area contributed by atoms with Gasteiger partial charge >= 0.3 is 0 Å². The maximum Gasteiger partial charge on any atom is 0.233 e. The molecule has 0 aromatic rings. The Morgan fingerprint density at radius 3 is 2.44 bits per heavy atom. The first-order valence-corrected chi connectivity index (χ1v) is 5.58. The second-order valence-electron chi connectivity index (χ2n) is 4.00. The van der Waals surface area contributed by atoms with Crippen LogP contribution in [0.25, 0.3) is 0 Å². The maximum atomic E-state index is 11.1. The van der Waals surface area contributed by atoms with Crippen molar-refractivity contribution in [3.63, 3.8) is 0 Å². The molecular weight excluding hydrogens is 208 g/mol. The predicted octanol–water partition coefficient (Wildman–Crippen LogP) is -1.73. The molecule has 92 valence electrons. The van der Waals surface area contributed by atoms with E-state index in [2.05, 4.69) is 15.5 Å². The van der Waals surface area contributed by atoms with Crippen molar-refractivity contribution in [3.8, 4) is 0 Å². The van der Waals surface area contributed by atoms with Crippen LogP contribution in [0.4, 0.5) is 0 Å². The summed E-state index contributed by atoms with van der Waals surface area (Å²) in [5.41, 5.74) is 5.23. The molecule has 1 rings (SSSR count). The van der Waals surface area contributed by atoms with Crippen LogP contribution in [0.2, 0.25) is 0 Å². The molecule has 0 aromatic heterocycles. The van der Waals surface area contributed by atoms with Crippen molar-refractivity contribution in [1.82, 2.24) is 15.5 Å². The summed E-state index contributed by atoms with van der Waals surface area (Å²) in [6, 6.07) is 0.206. The number of piperidine rings is 1. The van der Waals surface area contributed by atoms with E-state index in [1.54, 1.807) is 7.05 Å². The number of carbonyl (C=O) groups excluding carboxylic acids is 2. The average Bonchev–Trinajstić information content (AvgIpc) is 2.31. The molecule has 0 spiro atoms. The zero-order valence-electron chi connectivity index (χ0n) is 9.66. The van der Waals surface area contributed by atoms with Crippen LogP contribution >= 0.6 is 0 Å². The van der Waals surface area contributed by atoms with Crippen LogP contribution in [0.15, 0.2) is 0 Å². The molecule has 1 heterocycles. The minimum atomic E-state index is -0.107. The van der Waals surface area contributed by atoms with E-state index in [0.29, 0.717) is 6.54 Å². The molecule has 0 radical (unpaired) electrons. The topological polar surface area (TPSA) is 87.5 Å². The van der Waals surface area contributed by atoms with E-state index < -0.39 is 0 Å². The third-order valence-corrected chi connectivity index (χ3v) is 2.78. The number of likely N-dealkylation sites (tertiary alicyclic amines) is 1. The highest BCUT2D eigenvalue weighted by molar-refractivity contribution is 5.78. The van der Waals surface area contributed by atoms with Gasteiger partial charge in [0.1, 0.15) is 0 Å². The predicted molar refractivity (Wildman–Crippen MR) is 60.7 cm³/mol. The van der Waals surface area contributed by atoms with Gasteiger partial charge in [-0.1, -0.05) is 0 Å². The maximum absolute atomic E-state index is 11.1. The summed E-state index contributed by atoms with van der Waals surface area (Å²) in [6.45, 7) is 2.15. The third kappa shape index (κ3) is 4.16. The van der Waals surface area contributed by atoms with Crippen LogP contribution in [0.5, 0.6) is 0 Å². The fraction of sp³-hybridized carbons (Fsp3) is 0.800. The largest absolute Gasteiger partial charge is 0.358 e. The summed E-state index contributed by atoms with van der Waals surface area (Å²) in [5, 5.41) is 5.46. The highest BCUT2D eigenvalue weighted by Crippen LogP contribution is 2.09. The second kappa shape index (κ2) is 6.44. The van der Waals surface area contributed by atoms with Gasteiger partial charge in [-0.2, -0.15) is 0 Å². The molecule has 0 aliphatic carbocycles. The van der Waals surface area contributed by atoms with Crippen molar-refractivity contribution in [1.29, 1.82) is 0 Å². The summed E-state index contributed by atoms with van der Waals surface area (Å²) in [7, 11) is 1.64. The van der Waals surface area contributed by atoms with Crippen LogP contribution < -0.4 is 16.4 Å². The zero-order chi connectivity index (χ0) is 12.0. The van der Waals surface area contributed by atoms with Crippen molar-refractivity contribution < 1.29 is 9.59 Å². The van der Waals surface area contributed by atoms with E-state index in [1.165, 1.54) is 0 Å². The lowest BCUT2D eigenvalue weighted by Gasteiger charge is -2.31. The normalized spacial score (nSPS) is 18.1. The molecule has 0 bridgehead atoms. The van der Waals surface area contributed by atoms with Crippen LogP contribution in [-0.4, -0.2) is 56.0 Å². The lowest BCUT2D eigenvalue weighted by Crippen LogP contribution is -2.48. The monoisotopic (exact) mass is 228 g/mol. The Hall–Kier alpha value is -1.14. The molecule has 0 atom stereocenters. The molecule has 0 unspecified atom stereocenters. The second-order valence-corrected chi connectivity index (χ2v) is 4.00. The minimum absolute atomic E-state index is 0.0319. The zero-order valence-corrected chi connectivity index (χ0v) is 9.66. The van der Waals surface area contributed by atoms with Gasteiger partial charge in [0, 0.05) is 26.2 Å². The molecular formula is C10H20N4O2. The van der Waals surface area contributed by atoms with Crippen molar-refractivity contribution in [3.05, 3.63) is 0 Å². The molecule has 6 heteroatoms. The summed E-state index contributed by atoms with van der Waals surface area (Å²) in [6.07, 6.45) is 1.76. The minimum Gasteiger partial charge on any atom is -0.358 e. The van der Waals surface area contributed by atoms with Gasteiger partial charge in [-0.25, -0.2) is 0 Å². The van der Waals surface area contributed by atoms with Gasteiger partial charge in [0.25, 0.3) is 0 Å². The van der Waals surface area contributed by atoms with Gasteiger partial charge in [0.15, 0.2) is 0 Å². The number of hydrogen-bond donors (Lipinski definition) is 3. The lowest BCUT2D eigenvalue weighted by atomic mass is 10.1. The first kappa shape index (κ1) is 12.9. The highest BCUT2D eigenvalue weighted by Gasteiger charge is 2.21.